The summed E-state index contributed by atoms with van der Waals surface area (Å²) in [5.74, 6) is 0.717. The highest BCUT2D eigenvalue weighted by molar-refractivity contribution is 7.99. The van der Waals surface area contributed by atoms with Crippen LogP contribution in [0.3, 0.4) is 0 Å². The van der Waals surface area contributed by atoms with E-state index < -0.39 is 6.10 Å². The first kappa shape index (κ1) is 15.1. The number of carbonyl (C=O) groups is 1. The van der Waals surface area contributed by atoms with E-state index in [-0.39, 0.29) is 12.5 Å². The fourth-order valence-corrected chi connectivity index (χ4v) is 3.24. The van der Waals surface area contributed by atoms with Gasteiger partial charge in [0.25, 0.3) is 0 Å². The molecule has 0 aliphatic rings. The van der Waals surface area contributed by atoms with Gasteiger partial charge in [0.1, 0.15) is 6.10 Å². The number of thioether (sulfide) groups is 1. The van der Waals surface area contributed by atoms with Crippen molar-refractivity contribution in [2.24, 2.45) is 0 Å². The van der Waals surface area contributed by atoms with Crippen LogP contribution in [0.1, 0.15) is 17.4 Å². The fraction of sp³-hybridized carbons (Fsp3) is 0.267. The van der Waals surface area contributed by atoms with E-state index in [1.165, 1.54) is 16.2 Å². The van der Waals surface area contributed by atoms with E-state index in [2.05, 4.69) is 5.32 Å². The van der Waals surface area contributed by atoms with E-state index in [1.807, 2.05) is 47.8 Å². The van der Waals surface area contributed by atoms with Gasteiger partial charge in [0.15, 0.2) is 0 Å². The summed E-state index contributed by atoms with van der Waals surface area (Å²) in [6.45, 7) is 0.273. The number of nitrogens with one attached hydrogen (secondary N) is 1. The van der Waals surface area contributed by atoms with Crippen LogP contribution in [0.25, 0.3) is 0 Å². The highest BCUT2D eigenvalue weighted by Crippen LogP contribution is 2.19. The van der Waals surface area contributed by atoms with Crippen LogP contribution in [0.5, 0.6) is 0 Å². The van der Waals surface area contributed by atoms with Gasteiger partial charge < -0.3 is 10.4 Å². The smallest absolute Gasteiger partial charge is 0.220 e. The SMILES string of the molecule is O=C(CCSc1ccccc1)NCC(O)c1cccs1. The number of amides is 1. The summed E-state index contributed by atoms with van der Waals surface area (Å²) >= 11 is 3.15. The third-order valence-electron chi connectivity index (χ3n) is 2.71. The minimum atomic E-state index is -0.610. The van der Waals surface area contributed by atoms with Gasteiger partial charge >= 0.3 is 0 Å². The molecule has 106 valence electrons. The Morgan fingerprint density at radius 1 is 1.25 bits per heavy atom. The summed E-state index contributed by atoms with van der Waals surface area (Å²) in [6.07, 6.45) is -0.155. The van der Waals surface area contributed by atoms with Crippen molar-refractivity contribution in [2.75, 3.05) is 12.3 Å². The normalized spacial score (nSPS) is 12.1. The van der Waals surface area contributed by atoms with E-state index in [9.17, 15) is 9.90 Å². The summed E-state index contributed by atoms with van der Waals surface area (Å²) in [4.78, 5) is 13.7. The zero-order chi connectivity index (χ0) is 14.2. The predicted molar refractivity (Wildman–Crippen MR) is 84.1 cm³/mol. The Morgan fingerprint density at radius 2 is 2.05 bits per heavy atom. The summed E-state index contributed by atoms with van der Waals surface area (Å²) in [5, 5.41) is 14.5. The van der Waals surface area contributed by atoms with Gasteiger partial charge in [-0.1, -0.05) is 24.3 Å². The summed E-state index contributed by atoms with van der Waals surface area (Å²) in [6, 6.07) is 13.8. The lowest BCUT2D eigenvalue weighted by Gasteiger charge is -2.10. The first-order valence-electron chi connectivity index (χ1n) is 6.42. The Hall–Kier alpha value is -1.30. The Morgan fingerprint density at radius 3 is 2.75 bits per heavy atom. The number of rotatable bonds is 7. The van der Waals surface area contributed by atoms with Crippen LogP contribution in [-0.2, 0) is 4.79 Å². The second kappa shape index (κ2) is 8.09. The summed E-state index contributed by atoms with van der Waals surface area (Å²) in [7, 11) is 0. The van der Waals surface area contributed by atoms with Crippen LogP contribution in [0.4, 0.5) is 0 Å². The zero-order valence-electron chi connectivity index (χ0n) is 11.0. The fourth-order valence-electron chi connectivity index (χ4n) is 1.66. The van der Waals surface area contributed by atoms with Crippen molar-refractivity contribution in [1.82, 2.24) is 5.32 Å². The molecule has 5 heteroatoms. The lowest BCUT2D eigenvalue weighted by atomic mass is 10.3. The highest BCUT2D eigenvalue weighted by atomic mass is 32.2. The molecule has 1 unspecified atom stereocenters. The topological polar surface area (TPSA) is 49.3 Å². The zero-order valence-corrected chi connectivity index (χ0v) is 12.6. The van der Waals surface area contributed by atoms with E-state index in [0.29, 0.717) is 6.42 Å². The van der Waals surface area contributed by atoms with Crippen LogP contribution in [0.15, 0.2) is 52.7 Å². The molecule has 1 aromatic heterocycles. The van der Waals surface area contributed by atoms with Gasteiger partial charge in [-0.3, -0.25) is 4.79 Å². The first-order chi connectivity index (χ1) is 9.75. The lowest BCUT2D eigenvalue weighted by Crippen LogP contribution is -2.28. The molecular weight excluding hydrogens is 290 g/mol. The molecule has 0 aliphatic heterocycles. The van der Waals surface area contributed by atoms with Gasteiger partial charge in [-0.25, -0.2) is 0 Å². The minimum absolute atomic E-state index is 0.0240. The summed E-state index contributed by atoms with van der Waals surface area (Å²) < 4.78 is 0. The maximum absolute atomic E-state index is 11.7. The van der Waals surface area contributed by atoms with Crippen LogP contribution in [-0.4, -0.2) is 23.3 Å². The Balaban J connectivity index is 1.63. The van der Waals surface area contributed by atoms with E-state index in [4.69, 9.17) is 0 Å². The second-order valence-electron chi connectivity index (χ2n) is 4.25. The molecule has 1 heterocycles. The van der Waals surface area contributed by atoms with E-state index >= 15 is 0 Å². The summed E-state index contributed by atoms with van der Waals surface area (Å²) in [5.41, 5.74) is 0. The molecule has 2 rings (SSSR count). The number of carbonyl (C=O) groups excluding carboxylic acids is 1. The van der Waals surface area contributed by atoms with Gasteiger partial charge in [-0.15, -0.1) is 23.1 Å². The number of benzene rings is 1. The molecule has 0 radical (unpaired) electrons. The molecule has 3 nitrogen and oxygen atoms in total. The van der Waals surface area contributed by atoms with Crippen LogP contribution in [0, 0.1) is 0 Å². The van der Waals surface area contributed by atoms with Crippen LogP contribution >= 0.6 is 23.1 Å². The molecule has 0 bridgehead atoms. The number of aliphatic hydroxyl groups excluding tert-OH is 1. The third kappa shape index (κ3) is 5.00. The van der Waals surface area contributed by atoms with Crippen molar-refractivity contribution in [1.29, 1.82) is 0 Å². The molecule has 0 saturated carbocycles. The van der Waals surface area contributed by atoms with Crippen LogP contribution < -0.4 is 5.32 Å². The van der Waals surface area contributed by atoms with Gasteiger partial charge in [0.2, 0.25) is 5.91 Å². The molecule has 1 aromatic carbocycles. The van der Waals surface area contributed by atoms with Gasteiger partial charge in [-0.2, -0.15) is 0 Å². The molecule has 1 amide bonds. The number of hydrogen-bond donors (Lipinski definition) is 2. The quantitative estimate of drug-likeness (QED) is 0.773. The molecule has 0 fully saturated rings. The second-order valence-corrected chi connectivity index (χ2v) is 6.39. The van der Waals surface area contributed by atoms with Crippen molar-refractivity contribution in [3.05, 3.63) is 52.7 Å². The lowest BCUT2D eigenvalue weighted by molar-refractivity contribution is -0.121. The molecule has 0 saturated heterocycles. The number of hydrogen-bond acceptors (Lipinski definition) is 4. The highest BCUT2D eigenvalue weighted by Gasteiger charge is 2.10. The monoisotopic (exact) mass is 307 g/mol. The maximum Gasteiger partial charge on any atom is 0.220 e. The maximum atomic E-state index is 11.7. The van der Waals surface area contributed by atoms with E-state index in [0.717, 1.165) is 10.6 Å². The number of aliphatic hydroxyl groups is 1. The van der Waals surface area contributed by atoms with Crippen molar-refractivity contribution in [3.63, 3.8) is 0 Å². The molecule has 2 N–H and O–H groups in total. The van der Waals surface area contributed by atoms with E-state index in [1.54, 1.807) is 11.8 Å². The van der Waals surface area contributed by atoms with Crippen molar-refractivity contribution < 1.29 is 9.90 Å². The Bertz CT molecular complexity index is 514. The standard InChI is InChI=1S/C15H17NO2S2/c17-13(14-7-4-9-20-14)11-16-15(18)8-10-19-12-5-2-1-3-6-12/h1-7,9,13,17H,8,10-11H2,(H,16,18). The average molecular weight is 307 g/mol. The van der Waals surface area contributed by atoms with Crippen molar-refractivity contribution in [2.45, 2.75) is 17.4 Å². The Labute approximate surface area is 127 Å². The largest absolute Gasteiger partial charge is 0.386 e. The average Bonchev–Trinajstić information content (AvgIpc) is 3.00. The van der Waals surface area contributed by atoms with Crippen molar-refractivity contribution >= 4 is 29.0 Å². The molecule has 1 atom stereocenters. The molecular formula is C15H17NO2S2. The number of thiophene rings is 1. The molecule has 0 aliphatic carbocycles. The molecule has 2 aromatic rings. The predicted octanol–water partition coefficient (Wildman–Crippen LogP) is 3.08. The molecule has 0 spiro atoms. The van der Waals surface area contributed by atoms with Crippen LogP contribution in [0.2, 0.25) is 0 Å². The minimum Gasteiger partial charge on any atom is -0.386 e. The first-order valence-corrected chi connectivity index (χ1v) is 8.28. The Kier molecular flexibility index (Phi) is 6.11. The molecule has 20 heavy (non-hydrogen) atoms. The third-order valence-corrected chi connectivity index (χ3v) is 4.69. The van der Waals surface area contributed by atoms with Gasteiger partial charge in [-0.05, 0) is 23.6 Å². The van der Waals surface area contributed by atoms with Crippen molar-refractivity contribution in [3.8, 4) is 0 Å². The van der Waals surface area contributed by atoms with Gasteiger partial charge in [0.05, 0.1) is 0 Å². The van der Waals surface area contributed by atoms with Gasteiger partial charge in [0, 0.05) is 28.5 Å².